The summed E-state index contributed by atoms with van der Waals surface area (Å²) in [6, 6.07) is 5.32. The standard InChI is InChI=1S/C10H14O6S/c1-8(11)15-6-7-16-9-2-4-10(5-3-9)17(12,13)14/h2-5,8,11H,6-7H2,1H3,(H,12,13,14). The molecule has 96 valence electrons. The molecule has 0 amide bonds. The Hall–Kier alpha value is -1.15. The maximum Gasteiger partial charge on any atom is 0.294 e. The Kier molecular flexibility index (Phi) is 4.88. The van der Waals surface area contributed by atoms with Crippen molar-refractivity contribution in [3.63, 3.8) is 0 Å². The van der Waals surface area contributed by atoms with E-state index in [1.807, 2.05) is 0 Å². The topological polar surface area (TPSA) is 93.1 Å². The molecule has 0 aliphatic heterocycles. The molecule has 1 aromatic rings. The molecule has 0 fully saturated rings. The highest BCUT2D eigenvalue weighted by molar-refractivity contribution is 7.85. The van der Waals surface area contributed by atoms with Gasteiger partial charge in [0, 0.05) is 0 Å². The highest BCUT2D eigenvalue weighted by atomic mass is 32.2. The van der Waals surface area contributed by atoms with Crippen molar-refractivity contribution in [2.24, 2.45) is 0 Å². The van der Waals surface area contributed by atoms with Crippen LogP contribution in [0.15, 0.2) is 29.2 Å². The van der Waals surface area contributed by atoms with E-state index in [1.54, 1.807) is 0 Å². The molecule has 0 heterocycles. The fourth-order valence-electron chi connectivity index (χ4n) is 1.09. The zero-order valence-corrected chi connectivity index (χ0v) is 10.1. The first-order valence-electron chi connectivity index (χ1n) is 4.89. The van der Waals surface area contributed by atoms with Gasteiger partial charge >= 0.3 is 0 Å². The summed E-state index contributed by atoms with van der Waals surface area (Å²) in [6.45, 7) is 1.94. The van der Waals surface area contributed by atoms with Gasteiger partial charge in [0.2, 0.25) is 0 Å². The third-order valence-electron chi connectivity index (χ3n) is 1.83. The van der Waals surface area contributed by atoms with Crippen molar-refractivity contribution in [2.45, 2.75) is 18.1 Å². The van der Waals surface area contributed by atoms with E-state index in [2.05, 4.69) is 0 Å². The van der Waals surface area contributed by atoms with Gasteiger partial charge in [-0.05, 0) is 31.2 Å². The van der Waals surface area contributed by atoms with Gasteiger partial charge in [0.1, 0.15) is 12.4 Å². The summed E-state index contributed by atoms with van der Waals surface area (Å²) >= 11 is 0. The number of aliphatic hydroxyl groups is 1. The van der Waals surface area contributed by atoms with Crippen LogP contribution in [0.25, 0.3) is 0 Å². The summed E-state index contributed by atoms with van der Waals surface area (Å²) in [5.41, 5.74) is 0. The van der Waals surface area contributed by atoms with E-state index < -0.39 is 16.4 Å². The van der Waals surface area contributed by atoms with Gasteiger partial charge in [0.25, 0.3) is 10.1 Å². The first-order chi connectivity index (χ1) is 7.89. The summed E-state index contributed by atoms with van der Waals surface area (Å²) in [5, 5.41) is 8.80. The SMILES string of the molecule is CC(O)OCCOc1ccc(S(=O)(=O)O)cc1. The van der Waals surface area contributed by atoms with Crippen molar-refractivity contribution >= 4 is 10.1 Å². The van der Waals surface area contributed by atoms with E-state index in [1.165, 1.54) is 31.2 Å². The second-order valence-electron chi connectivity index (χ2n) is 3.27. The molecule has 1 rings (SSSR count). The van der Waals surface area contributed by atoms with Gasteiger partial charge in [0.05, 0.1) is 11.5 Å². The first kappa shape index (κ1) is 13.9. The molecule has 1 atom stereocenters. The quantitative estimate of drug-likeness (QED) is 0.444. The van der Waals surface area contributed by atoms with Crippen LogP contribution in [0.4, 0.5) is 0 Å². The zero-order valence-electron chi connectivity index (χ0n) is 9.24. The first-order valence-corrected chi connectivity index (χ1v) is 6.33. The molecular weight excluding hydrogens is 248 g/mol. The van der Waals surface area contributed by atoms with Gasteiger partial charge in [0.15, 0.2) is 6.29 Å². The summed E-state index contributed by atoms with van der Waals surface area (Å²) < 4.78 is 40.3. The summed E-state index contributed by atoms with van der Waals surface area (Å²) in [5.74, 6) is 0.451. The minimum atomic E-state index is -4.17. The molecule has 0 aliphatic carbocycles. The third kappa shape index (κ3) is 5.14. The van der Waals surface area contributed by atoms with Crippen molar-refractivity contribution in [1.29, 1.82) is 0 Å². The van der Waals surface area contributed by atoms with Gasteiger partial charge in [-0.25, -0.2) is 0 Å². The molecule has 0 bridgehead atoms. The Labute approximate surface area is 99.5 Å². The van der Waals surface area contributed by atoms with E-state index in [0.717, 1.165) is 0 Å². The van der Waals surface area contributed by atoms with Gasteiger partial charge in [-0.3, -0.25) is 4.55 Å². The molecule has 6 nitrogen and oxygen atoms in total. The molecule has 0 saturated heterocycles. The number of hydrogen-bond acceptors (Lipinski definition) is 5. The monoisotopic (exact) mass is 262 g/mol. The molecule has 0 spiro atoms. The molecule has 0 aliphatic rings. The van der Waals surface area contributed by atoms with Crippen LogP contribution < -0.4 is 4.74 Å². The minimum absolute atomic E-state index is 0.190. The van der Waals surface area contributed by atoms with E-state index in [4.69, 9.17) is 19.1 Å². The lowest BCUT2D eigenvalue weighted by Gasteiger charge is -2.08. The van der Waals surface area contributed by atoms with Gasteiger partial charge in [-0.15, -0.1) is 0 Å². The summed E-state index contributed by atoms with van der Waals surface area (Å²) in [4.78, 5) is -0.190. The van der Waals surface area contributed by atoms with E-state index >= 15 is 0 Å². The second kappa shape index (κ2) is 5.97. The average Bonchev–Trinajstić information content (AvgIpc) is 2.23. The largest absolute Gasteiger partial charge is 0.491 e. The molecule has 1 unspecified atom stereocenters. The van der Waals surface area contributed by atoms with Crippen molar-refractivity contribution in [3.8, 4) is 5.75 Å². The molecule has 2 N–H and O–H groups in total. The van der Waals surface area contributed by atoms with Gasteiger partial charge < -0.3 is 14.6 Å². The molecule has 7 heteroatoms. The smallest absolute Gasteiger partial charge is 0.294 e. The van der Waals surface area contributed by atoms with Crippen LogP contribution in [0.5, 0.6) is 5.75 Å². The Morgan fingerprint density at radius 1 is 1.24 bits per heavy atom. The predicted molar refractivity (Wildman–Crippen MR) is 59.4 cm³/mol. The van der Waals surface area contributed by atoms with Crippen LogP contribution in [0.1, 0.15) is 6.92 Å². The maximum absolute atomic E-state index is 10.7. The van der Waals surface area contributed by atoms with Crippen LogP contribution in [0.3, 0.4) is 0 Å². The van der Waals surface area contributed by atoms with E-state index in [9.17, 15) is 8.42 Å². The number of aliphatic hydroxyl groups excluding tert-OH is 1. The lowest BCUT2D eigenvalue weighted by Crippen LogP contribution is -2.13. The number of benzene rings is 1. The Morgan fingerprint density at radius 2 is 1.82 bits per heavy atom. The van der Waals surface area contributed by atoms with Crippen LogP contribution in [-0.4, -0.2) is 37.6 Å². The van der Waals surface area contributed by atoms with E-state index in [0.29, 0.717) is 5.75 Å². The molecule has 1 aromatic carbocycles. The number of ether oxygens (including phenoxy) is 2. The lowest BCUT2D eigenvalue weighted by molar-refractivity contribution is -0.0913. The van der Waals surface area contributed by atoms with Crippen molar-refractivity contribution in [2.75, 3.05) is 13.2 Å². The van der Waals surface area contributed by atoms with Gasteiger partial charge in [-0.2, -0.15) is 8.42 Å². The van der Waals surface area contributed by atoms with Gasteiger partial charge in [-0.1, -0.05) is 0 Å². The minimum Gasteiger partial charge on any atom is -0.491 e. The van der Waals surface area contributed by atoms with Crippen molar-refractivity contribution in [1.82, 2.24) is 0 Å². The second-order valence-corrected chi connectivity index (χ2v) is 4.69. The molecule has 17 heavy (non-hydrogen) atoms. The lowest BCUT2D eigenvalue weighted by atomic mass is 10.3. The van der Waals surface area contributed by atoms with E-state index in [-0.39, 0.29) is 18.1 Å². The summed E-state index contributed by atoms with van der Waals surface area (Å²) in [6.07, 6.45) is -0.847. The number of hydrogen-bond donors (Lipinski definition) is 2. The van der Waals surface area contributed by atoms with Crippen LogP contribution in [0, 0.1) is 0 Å². The maximum atomic E-state index is 10.7. The van der Waals surface area contributed by atoms with Crippen molar-refractivity contribution < 1.29 is 27.6 Å². The van der Waals surface area contributed by atoms with Crippen molar-refractivity contribution in [3.05, 3.63) is 24.3 Å². The fourth-order valence-corrected chi connectivity index (χ4v) is 1.57. The fraction of sp³-hybridized carbons (Fsp3) is 0.400. The normalized spacial score (nSPS) is 13.4. The Balaban J connectivity index is 2.46. The van der Waals surface area contributed by atoms with Crippen LogP contribution in [0.2, 0.25) is 0 Å². The molecular formula is C10H14O6S. The van der Waals surface area contributed by atoms with Crippen LogP contribution >= 0.6 is 0 Å². The average molecular weight is 262 g/mol. The highest BCUT2D eigenvalue weighted by Gasteiger charge is 2.08. The highest BCUT2D eigenvalue weighted by Crippen LogP contribution is 2.15. The third-order valence-corrected chi connectivity index (χ3v) is 2.70. The molecule has 0 radical (unpaired) electrons. The van der Waals surface area contributed by atoms with Crippen LogP contribution in [-0.2, 0) is 14.9 Å². The predicted octanol–water partition coefficient (Wildman–Crippen LogP) is 0.667. The Morgan fingerprint density at radius 3 is 2.29 bits per heavy atom. The zero-order chi connectivity index (χ0) is 12.9. The summed E-state index contributed by atoms with van der Waals surface area (Å²) in [7, 11) is -4.17. The number of rotatable bonds is 6. The molecule has 0 saturated carbocycles. The molecule has 0 aromatic heterocycles. The Bertz CT molecular complexity index is 436.